The van der Waals surface area contributed by atoms with Crippen LogP contribution in [0.5, 0.6) is 0 Å². The van der Waals surface area contributed by atoms with Crippen LogP contribution in [0.1, 0.15) is 23.3 Å². The van der Waals surface area contributed by atoms with Crippen molar-refractivity contribution in [3.8, 4) is 0 Å². The third-order valence-electron chi connectivity index (χ3n) is 5.69. The molecule has 0 spiro atoms. The van der Waals surface area contributed by atoms with Crippen LogP contribution in [0.4, 0.5) is 5.69 Å². The summed E-state index contributed by atoms with van der Waals surface area (Å²) < 4.78 is 5.24. The number of hydrogen-bond donors (Lipinski definition) is 2. The Balaban J connectivity index is 1.29. The number of fused-ring (bicyclic) bond motifs is 3. The average Bonchev–Trinajstić information content (AvgIpc) is 3.54. The highest BCUT2D eigenvalue weighted by atomic mass is 32.2. The van der Waals surface area contributed by atoms with Gasteiger partial charge in [-0.05, 0) is 29.8 Å². The Hall–Kier alpha value is -4.18. The number of para-hydroxylation sites is 1. The first-order valence-electron chi connectivity index (χ1n) is 11.4. The Morgan fingerprint density at radius 1 is 0.917 bits per heavy atom. The van der Waals surface area contributed by atoms with Gasteiger partial charge in [0.25, 0.3) is 5.91 Å². The van der Waals surface area contributed by atoms with Crippen molar-refractivity contribution in [3.05, 3.63) is 89.9 Å². The Morgan fingerprint density at radius 3 is 2.50 bits per heavy atom. The van der Waals surface area contributed by atoms with Crippen LogP contribution >= 0.6 is 11.8 Å². The predicted molar refractivity (Wildman–Crippen MR) is 137 cm³/mol. The van der Waals surface area contributed by atoms with Crippen LogP contribution in [0.25, 0.3) is 0 Å². The Morgan fingerprint density at radius 2 is 1.69 bits per heavy atom. The number of rotatable bonds is 8. The van der Waals surface area contributed by atoms with Gasteiger partial charge < -0.3 is 15.1 Å². The molecule has 3 heterocycles. The lowest BCUT2D eigenvalue weighted by Gasteiger charge is -2.30. The van der Waals surface area contributed by atoms with Crippen molar-refractivity contribution in [1.29, 1.82) is 0 Å². The number of carbonyl (C=O) groups excluding carboxylic acids is 3. The highest BCUT2D eigenvalue weighted by Crippen LogP contribution is 2.34. The molecule has 2 N–H and O–H groups in total. The van der Waals surface area contributed by atoms with Crippen molar-refractivity contribution >= 4 is 46.2 Å². The summed E-state index contributed by atoms with van der Waals surface area (Å²) >= 11 is 1.19. The van der Waals surface area contributed by atoms with E-state index in [4.69, 9.17) is 9.41 Å². The number of hydrogen-bond acceptors (Lipinski definition) is 7. The molecule has 1 unspecified atom stereocenters. The number of benzene rings is 2. The van der Waals surface area contributed by atoms with Gasteiger partial charge >= 0.3 is 0 Å². The van der Waals surface area contributed by atoms with E-state index in [9.17, 15) is 14.4 Å². The molecule has 2 aliphatic rings. The van der Waals surface area contributed by atoms with E-state index in [2.05, 4.69) is 15.6 Å². The van der Waals surface area contributed by atoms with Crippen molar-refractivity contribution in [3.63, 3.8) is 0 Å². The minimum Gasteiger partial charge on any atom is -0.467 e. The topological polar surface area (TPSA) is 116 Å². The smallest absolute Gasteiger partial charge is 0.271 e. The van der Waals surface area contributed by atoms with Crippen LogP contribution < -0.4 is 10.6 Å². The molecule has 10 heteroatoms. The largest absolute Gasteiger partial charge is 0.467 e. The summed E-state index contributed by atoms with van der Waals surface area (Å²) in [4.78, 5) is 48.8. The maximum atomic E-state index is 12.9. The van der Waals surface area contributed by atoms with Gasteiger partial charge in [-0.15, -0.1) is 0 Å². The van der Waals surface area contributed by atoms with E-state index in [-0.39, 0.29) is 30.5 Å². The number of amidine groups is 2. The summed E-state index contributed by atoms with van der Waals surface area (Å²) in [6.45, 7) is 0.642. The maximum Gasteiger partial charge on any atom is 0.271 e. The molecular formula is C26H23N5O4S. The van der Waals surface area contributed by atoms with E-state index in [1.165, 1.54) is 11.8 Å². The third-order valence-corrected chi connectivity index (χ3v) is 6.64. The summed E-state index contributed by atoms with van der Waals surface area (Å²) in [6, 6.07) is 19.6. The molecule has 36 heavy (non-hydrogen) atoms. The fraction of sp³-hybridized carbons (Fsp3) is 0.192. The molecular weight excluding hydrogens is 478 g/mol. The first kappa shape index (κ1) is 23.6. The molecule has 0 radical (unpaired) electrons. The predicted octanol–water partition coefficient (Wildman–Crippen LogP) is 2.99. The van der Waals surface area contributed by atoms with Crippen LogP contribution in [-0.2, 0) is 27.5 Å². The van der Waals surface area contributed by atoms with E-state index in [1.807, 2.05) is 54.6 Å². The molecule has 3 amide bonds. The van der Waals surface area contributed by atoms with Gasteiger partial charge in [0.05, 0.1) is 30.7 Å². The van der Waals surface area contributed by atoms with E-state index < -0.39 is 11.9 Å². The fourth-order valence-corrected chi connectivity index (χ4v) is 4.80. The summed E-state index contributed by atoms with van der Waals surface area (Å²) in [7, 11) is 0. The fourth-order valence-electron chi connectivity index (χ4n) is 3.93. The highest BCUT2D eigenvalue weighted by Gasteiger charge is 2.42. The van der Waals surface area contributed by atoms with Gasteiger partial charge in [0.2, 0.25) is 11.8 Å². The van der Waals surface area contributed by atoms with Crippen LogP contribution in [0.3, 0.4) is 0 Å². The Labute approximate surface area is 211 Å². The number of nitrogens with one attached hydrogen (secondary N) is 2. The van der Waals surface area contributed by atoms with Crippen LogP contribution in [0, 0.1) is 0 Å². The molecule has 182 valence electrons. The molecule has 0 saturated carbocycles. The highest BCUT2D eigenvalue weighted by molar-refractivity contribution is 8.14. The first-order valence-corrected chi connectivity index (χ1v) is 12.4. The molecule has 5 rings (SSSR count). The van der Waals surface area contributed by atoms with Crippen molar-refractivity contribution in [1.82, 2.24) is 15.5 Å². The van der Waals surface area contributed by atoms with Gasteiger partial charge in [-0.3, -0.25) is 19.3 Å². The lowest BCUT2D eigenvalue weighted by molar-refractivity contribution is -0.126. The zero-order valence-electron chi connectivity index (χ0n) is 19.2. The van der Waals surface area contributed by atoms with Gasteiger partial charge in [0.1, 0.15) is 17.6 Å². The monoisotopic (exact) mass is 501 g/mol. The lowest BCUT2D eigenvalue weighted by atomic mass is 10.1. The molecule has 0 aliphatic carbocycles. The second-order valence-electron chi connectivity index (χ2n) is 8.18. The molecule has 1 aromatic heterocycles. The molecule has 0 fully saturated rings. The average molecular weight is 502 g/mol. The van der Waals surface area contributed by atoms with Crippen molar-refractivity contribution < 1.29 is 18.8 Å². The molecule has 2 aliphatic heterocycles. The number of carbonyl (C=O) groups is 3. The summed E-state index contributed by atoms with van der Waals surface area (Å²) in [5, 5.41) is 6.12. The SMILES string of the molecule is O=C(CSC1=Nc2ccccc2C2=NC(=O)C(CC(=O)NCc3ccccc3)N12)NCc1ccco1. The Kier molecular flexibility index (Phi) is 6.94. The molecule has 9 nitrogen and oxygen atoms in total. The maximum absolute atomic E-state index is 12.9. The van der Waals surface area contributed by atoms with Crippen LogP contribution in [0.15, 0.2) is 87.4 Å². The van der Waals surface area contributed by atoms with Crippen molar-refractivity contribution in [2.75, 3.05) is 5.75 Å². The zero-order chi connectivity index (χ0) is 24.9. The number of aliphatic imine (C=N–C) groups is 2. The number of furan rings is 1. The molecule has 3 aromatic rings. The van der Waals surface area contributed by atoms with E-state index in [0.717, 1.165) is 5.56 Å². The normalized spacial score (nSPS) is 16.1. The van der Waals surface area contributed by atoms with Crippen LogP contribution in [0.2, 0.25) is 0 Å². The first-order chi connectivity index (χ1) is 17.6. The molecule has 0 bridgehead atoms. The standard InChI is InChI=1S/C26H23N5O4S/c32-22(27-14-17-7-2-1-3-8-17)13-21-25(34)30-24-19-10-4-5-11-20(19)29-26(31(21)24)36-16-23(33)28-15-18-9-6-12-35-18/h1-12,21H,13-16H2,(H,27,32)(H,28,33). The van der Waals surface area contributed by atoms with Gasteiger partial charge in [-0.2, -0.15) is 4.99 Å². The van der Waals surface area contributed by atoms with Crippen LogP contribution in [-0.4, -0.2) is 45.4 Å². The summed E-state index contributed by atoms with van der Waals surface area (Å²) in [5.41, 5.74) is 2.34. The second-order valence-corrected chi connectivity index (χ2v) is 9.12. The summed E-state index contributed by atoms with van der Waals surface area (Å²) in [6.07, 6.45) is 1.47. The lowest BCUT2D eigenvalue weighted by Crippen LogP contribution is -2.46. The quantitative estimate of drug-likeness (QED) is 0.490. The second kappa shape index (κ2) is 10.6. The molecule has 2 aromatic carbocycles. The van der Waals surface area contributed by atoms with Crippen molar-refractivity contribution in [2.24, 2.45) is 9.98 Å². The van der Waals surface area contributed by atoms with E-state index in [0.29, 0.717) is 34.6 Å². The van der Waals surface area contributed by atoms with Gasteiger partial charge in [0, 0.05) is 12.1 Å². The number of nitrogens with zero attached hydrogens (tertiary/aromatic N) is 3. The summed E-state index contributed by atoms with van der Waals surface area (Å²) in [5.74, 6) is 0.287. The van der Waals surface area contributed by atoms with E-state index >= 15 is 0 Å². The number of thioether (sulfide) groups is 1. The van der Waals surface area contributed by atoms with Gasteiger partial charge in [-0.25, -0.2) is 4.99 Å². The molecule has 0 saturated heterocycles. The molecule has 1 atom stereocenters. The van der Waals surface area contributed by atoms with Crippen molar-refractivity contribution in [2.45, 2.75) is 25.6 Å². The number of amides is 3. The van der Waals surface area contributed by atoms with E-state index in [1.54, 1.807) is 23.3 Å². The van der Waals surface area contributed by atoms with Gasteiger partial charge in [-0.1, -0.05) is 54.2 Å². The van der Waals surface area contributed by atoms with Gasteiger partial charge in [0.15, 0.2) is 5.17 Å². The third kappa shape index (κ3) is 5.23. The zero-order valence-corrected chi connectivity index (χ0v) is 20.0. The minimum atomic E-state index is -0.832. The Bertz CT molecular complexity index is 1340. The minimum absolute atomic E-state index is 0.0760.